The Bertz CT molecular complexity index is 564. The van der Waals surface area contributed by atoms with Crippen molar-refractivity contribution in [3.05, 3.63) is 34.9 Å². The Morgan fingerprint density at radius 1 is 1.33 bits per heavy atom. The Morgan fingerprint density at radius 3 is 2.86 bits per heavy atom. The molecule has 2 atom stereocenters. The fraction of sp³-hybridized carbons (Fsp3) is 0.467. The van der Waals surface area contributed by atoms with Crippen LogP contribution in [0.3, 0.4) is 0 Å². The molecule has 0 radical (unpaired) electrons. The molecule has 0 saturated carbocycles. The first-order valence-electron chi connectivity index (χ1n) is 7.22. The molecule has 2 aliphatic heterocycles. The molecule has 112 valence electrons. The summed E-state index contributed by atoms with van der Waals surface area (Å²) in [6.07, 6.45) is 1.01. The van der Waals surface area contributed by atoms with Gasteiger partial charge in [0, 0.05) is 31.1 Å². The predicted molar refractivity (Wildman–Crippen MR) is 79.9 cm³/mol. The zero-order valence-electron chi connectivity index (χ0n) is 11.6. The smallest absolute Gasteiger partial charge is 0.245 e. The van der Waals surface area contributed by atoms with Gasteiger partial charge in [0.05, 0.1) is 6.04 Å². The minimum Gasteiger partial charge on any atom is -0.344 e. The van der Waals surface area contributed by atoms with E-state index in [2.05, 4.69) is 10.6 Å². The molecule has 6 heteroatoms. The molecule has 3 rings (SSSR count). The lowest BCUT2D eigenvalue weighted by molar-refractivity contribution is -0.137. The lowest BCUT2D eigenvalue weighted by atomic mass is 10.0. The van der Waals surface area contributed by atoms with Crippen molar-refractivity contribution in [1.82, 2.24) is 15.5 Å². The lowest BCUT2D eigenvalue weighted by Crippen LogP contribution is -2.53. The Hall–Kier alpha value is -1.59. The van der Waals surface area contributed by atoms with Crippen LogP contribution in [0.25, 0.3) is 0 Å². The number of halogens is 1. The second-order valence-electron chi connectivity index (χ2n) is 5.43. The molecular formula is C15H18ClN3O2. The Labute approximate surface area is 128 Å². The third-order valence-electron chi connectivity index (χ3n) is 4.08. The maximum absolute atomic E-state index is 12.7. The first-order valence-corrected chi connectivity index (χ1v) is 7.59. The van der Waals surface area contributed by atoms with E-state index >= 15 is 0 Å². The predicted octanol–water partition coefficient (Wildman–Crippen LogP) is 1.09. The van der Waals surface area contributed by atoms with E-state index in [4.69, 9.17) is 11.6 Å². The molecule has 5 nitrogen and oxygen atoms in total. The molecule has 2 amide bonds. The van der Waals surface area contributed by atoms with E-state index in [1.54, 1.807) is 0 Å². The fourth-order valence-corrected chi connectivity index (χ4v) is 3.25. The molecule has 0 aromatic heterocycles. The van der Waals surface area contributed by atoms with E-state index in [-0.39, 0.29) is 23.9 Å². The van der Waals surface area contributed by atoms with Crippen molar-refractivity contribution in [3.63, 3.8) is 0 Å². The van der Waals surface area contributed by atoms with E-state index in [0.29, 0.717) is 31.0 Å². The molecule has 1 aromatic carbocycles. The van der Waals surface area contributed by atoms with Gasteiger partial charge in [-0.3, -0.25) is 9.59 Å². The number of carbonyl (C=O) groups excluding carboxylic acids is 2. The number of nitrogens with zero attached hydrogens (tertiary/aromatic N) is 1. The number of hydrogen-bond donors (Lipinski definition) is 2. The summed E-state index contributed by atoms with van der Waals surface area (Å²) in [7, 11) is 0. The minimum atomic E-state index is -0.388. The monoisotopic (exact) mass is 307 g/mol. The molecule has 0 bridgehead atoms. The van der Waals surface area contributed by atoms with Gasteiger partial charge in [-0.2, -0.15) is 0 Å². The Balaban J connectivity index is 1.83. The van der Waals surface area contributed by atoms with Crippen LogP contribution in [0.2, 0.25) is 5.02 Å². The van der Waals surface area contributed by atoms with Gasteiger partial charge in [-0.25, -0.2) is 0 Å². The third kappa shape index (κ3) is 2.89. The standard InChI is InChI=1S/C15H18ClN3O2/c16-11-4-2-1-3-10(11)13-9-17-7-8-19(13)15(21)12-5-6-14(20)18-12/h1-4,12-13,17H,5-9H2,(H,18,20)/t12-,13?/m0/s1. The molecule has 21 heavy (non-hydrogen) atoms. The maximum atomic E-state index is 12.7. The van der Waals surface area contributed by atoms with Crippen molar-refractivity contribution in [3.8, 4) is 0 Å². The van der Waals surface area contributed by atoms with Crippen molar-refractivity contribution in [2.45, 2.75) is 24.9 Å². The van der Waals surface area contributed by atoms with Crippen molar-refractivity contribution in [2.75, 3.05) is 19.6 Å². The summed E-state index contributed by atoms with van der Waals surface area (Å²) in [6, 6.07) is 7.12. The number of piperazine rings is 1. The summed E-state index contributed by atoms with van der Waals surface area (Å²) in [4.78, 5) is 25.9. The highest BCUT2D eigenvalue weighted by Gasteiger charge is 2.36. The summed E-state index contributed by atoms with van der Waals surface area (Å²) >= 11 is 6.27. The molecule has 1 unspecified atom stereocenters. The number of hydrogen-bond acceptors (Lipinski definition) is 3. The summed E-state index contributed by atoms with van der Waals surface area (Å²) in [6.45, 7) is 2.06. The highest BCUT2D eigenvalue weighted by Crippen LogP contribution is 2.29. The fourth-order valence-electron chi connectivity index (χ4n) is 2.99. The maximum Gasteiger partial charge on any atom is 0.245 e. The summed E-state index contributed by atoms with van der Waals surface area (Å²) in [5, 5.41) is 6.73. The molecule has 2 saturated heterocycles. The molecule has 2 N–H and O–H groups in total. The molecule has 2 aliphatic rings. The van der Waals surface area contributed by atoms with Crippen LogP contribution < -0.4 is 10.6 Å². The van der Waals surface area contributed by atoms with Crippen molar-refractivity contribution >= 4 is 23.4 Å². The van der Waals surface area contributed by atoms with Crippen LogP contribution in [0.4, 0.5) is 0 Å². The third-order valence-corrected chi connectivity index (χ3v) is 4.43. The Morgan fingerprint density at radius 2 is 2.14 bits per heavy atom. The number of carbonyl (C=O) groups is 2. The average Bonchev–Trinajstić information content (AvgIpc) is 2.94. The van der Waals surface area contributed by atoms with Gasteiger partial charge in [0.2, 0.25) is 11.8 Å². The molecule has 0 aliphatic carbocycles. The summed E-state index contributed by atoms with van der Waals surface area (Å²) < 4.78 is 0. The molecule has 1 aromatic rings. The first-order chi connectivity index (χ1) is 10.2. The van der Waals surface area contributed by atoms with Gasteiger partial charge < -0.3 is 15.5 Å². The quantitative estimate of drug-likeness (QED) is 0.860. The zero-order chi connectivity index (χ0) is 14.8. The largest absolute Gasteiger partial charge is 0.344 e. The summed E-state index contributed by atoms with van der Waals surface area (Å²) in [5.41, 5.74) is 0.948. The first kappa shape index (κ1) is 14.4. The normalized spacial score (nSPS) is 25.8. The minimum absolute atomic E-state index is 0.00716. The second kappa shape index (κ2) is 6.03. The van der Waals surface area contributed by atoms with Gasteiger partial charge >= 0.3 is 0 Å². The average molecular weight is 308 g/mol. The Kier molecular flexibility index (Phi) is 4.12. The molecule has 0 spiro atoms. The van der Waals surface area contributed by atoms with Gasteiger partial charge in [0.25, 0.3) is 0 Å². The number of rotatable bonds is 2. The number of nitrogens with one attached hydrogen (secondary N) is 2. The van der Waals surface area contributed by atoms with Crippen LogP contribution in [0.15, 0.2) is 24.3 Å². The molecule has 2 fully saturated rings. The van der Waals surface area contributed by atoms with Crippen LogP contribution >= 0.6 is 11.6 Å². The van der Waals surface area contributed by atoms with Gasteiger partial charge in [-0.05, 0) is 18.1 Å². The van der Waals surface area contributed by atoms with Crippen LogP contribution in [0.5, 0.6) is 0 Å². The van der Waals surface area contributed by atoms with E-state index in [1.807, 2.05) is 29.2 Å². The van der Waals surface area contributed by atoms with E-state index in [1.165, 1.54) is 0 Å². The molecule has 2 heterocycles. The SMILES string of the molecule is O=C1CC[C@@H](C(=O)N2CCNCC2c2ccccc2Cl)N1. The van der Waals surface area contributed by atoms with Gasteiger partial charge in [-0.1, -0.05) is 29.8 Å². The van der Waals surface area contributed by atoms with Crippen LogP contribution in [-0.2, 0) is 9.59 Å². The lowest BCUT2D eigenvalue weighted by Gasteiger charge is -2.38. The highest BCUT2D eigenvalue weighted by atomic mass is 35.5. The number of benzene rings is 1. The van der Waals surface area contributed by atoms with Gasteiger partial charge in [0.1, 0.15) is 6.04 Å². The molecular weight excluding hydrogens is 290 g/mol. The van der Waals surface area contributed by atoms with E-state index in [0.717, 1.165) is 12.1 Å². The van der Waals surface area contributed by atoms with E-state index in [9.17, 15) is 9.59 Å². The number of amides is 2. The van der Waals surface area contributed by atoms with Gasteiger partial charge in [-0.15, -0.1) is 0 Å². The van der Waals surface area contributed by atoms with Crippen LogP contribution in [0, 0.1) is 0 Å². The van der Waals surface area contributed by atoms with Crippen molar-refractivity contribution < 1.29 is 9.59 Å². The van der Waals surface area contributed by atoms with E-state index < -0.39 is 0 Å². The van der Waals surface area contributed by atoms with Crippen molar-refractivity contribution in [1.29, 1.82) is 0 Å². The van der Waals surface area contributed by atoms with Crippen molar-refractivity contribution in [2.24, 2.45) is 0 Å². The van der Waals surface area contributed by atoms with Gasteiger partial charge in [0.15, 0.2) is 0 Å². The second-order valence-corrected chi connectivity index (χ2v) is 5.84. The topological polar surface area (TPSA) is 61.4 Å². The summed E-state index contributed by atoms with van der Waals surface area (Å²) in [5.74, 6) is -0.0509. The van der Waals surface area contributed by atoms with Crippen LogP contribution in [-0.4, -0.2) is 42.4 Å². The highest BCUT2D eigenvalue weighted by molar-refractivity contribution is 6.31. The van der Waals surface area contributed by atoms with Crippen LogP contribution in [0.1, 0.15) is 24.4 Å². The zero-order valence-corrected chi connectivity index (χ0v) is 12.4.